The molecule has 1 aromatic carbocycles. The van der Waals surface area contributed by atoms with Gasteiger partial charge >= 0.3 is 0 Å². The van der Waals surface area contributed by atoms with Crippen molar-refractivity contribution in [1.29, 1.82) is 0 Å². The van der Waals surface area contributed by atoms with Crippen molar-refractivity contribution in [1.82, 2.24) is 4.90 Å². The van der Waals surface area contributed by atoms with Gasteiger partial charge in [-0.05, 0) is 53.2 Å². The number of anilines is 1. The maximum absolute atomic E-state index is 13.5. The summed E-state index contributed by atoms with van der Waals surface area (Å²) in [6.07, 6.45) is 2.72. The lowest BCUT2D eigenvalue weighted by Crippen LogP contribution is -2.37. The van der Waals surface area contributed by atoms with Gasteiger partial charge in [0.2, 0.25) is 11.8 Å². The first-order chi connectivity index (χ1) is 11.9. The Labute approximate surface area is 151 Å². The highest BCUT2D eigenvalue weighted by molar-refractivity contribution is 9.10. The zero-order chi connectivity index (χ0) is 18.4. The average molecular weight is 413 g/mol. The highest BCUT2D eigenvalue weighted by Gasteiger charge is 2.16. The van der Waals surface area contributed by atoms with Gasteiger partial charge in [-0.15, -0.1) is 0 Å². The molecule has 0 spiro atoms. The summed E-state index contributed by atoms with van der Waals surface area (Å²) in [6.45, 7) is 1.60. The number of carbonyl (C=O) groups is 2. The Bertz CT molecular complexity index is 785. The molecule has 0 aliphatic heterocycles. The molecular formula is C17H15BrF2N2O3. The summed E-state index contributed by atoms with van der Waals surface area (Å²) in [5.41, 5.74) is -0.535. The number of furan rings is 1. The normalized spacial score (nSPS) is 10.9. The SMILES string of the molecule is CCN(CC(=O)Nc1c(F)cccc1F)C(=O)/C=C/c1ccc(Br)o1. The summed E-state index contributed by atoms with van der Waals surface area (Å²) in [4.78, 5) is 25.3. The summed E-state index contributed by atoms with van der Waals surface area (Å²) in [7, 11) is 0. The van der Waals surface area contributed by atoms with Gasteiger partial charge < -0.3 is 14.6 Å². The molecule has 0 saturated heterocycles. The highest BCUT2D eigenvalue weighted by atomic mass is 79.9. The quantitative estimate of drug-likeness (QED) is 0.733. The second-order valence-electron chi connectivity index (χ2n) is 4.97. The number of hydrogen-bond acceptors (Lipinski definition) is 3. The van der Waals surface area contributed by atoms with Gasteiger partial charge in [0, 0.05) is 12.6 Å². The third-order valence-electron chi connectivity index (χ3n) is 3.24. The van der Waals surface area contributed by atoms with Gasteiger partial charge in [0.05, 0.1) is 0 Å². The van der Waals surface area contributed by atoms with Crippen LogP contribution < -0.4 is 5.32 Å². The second-order valence-corrected chi connectivity index (χ2v) is 5.75. The summed E-state index contributed by atoms with van der Waals surface area (Å²) < 4.78 is 32.8. The van der Waals surface area contributed by atoms with Crippen molar-refractivity contribution in [2.24, 2.45) is 0 Å². The molecule has 0 radical (unpaired) electrons. The number of carbonyl (C=O) groups excluding carboxylic acids is 2. The van der Waals surface area contributed by atoms with Gasteiger partial charge in [-0.25, -0.2) is 8.78 Å². The smallest absolute Gasteiger partial charge is 0.247 e. The standard InChI is InChI=1S/C17H15BrF2N2O3/c1-2-22(16(24)9-7-11-6-8-14(18)25-11)10-15(23)21-17-12(19)4-3-5-13(17)20/h3-9H,2,10H2,1H3,(H,21,23)/b9-7+. The Morgan fingerprint density at radius 2 is 1.92 bits per heavy atom. The molecule has 0 unspecified atom stereocenters. The number of hydrogen-bond donors (Lipinski definition) is 1. The molecule has 0 bridgehead atoms. The van der Waals surface area contributed by atoms with E-state index in [2.05, 4.69) is 21.2 Å². The van der Waals surface area contributed by atoms with Crippen molar-refractivity contribution < 1.29 is 22.8 Å². The number of likely N-dealkylation sites (N-methyl/N-ethyl adjacent to an activating group) is 1. The summed E-state index contributed by atoms with van der Waals surface area (Å²) in [5.74, 6) is -2.43. The Morgan fingerprint density at radius 3 is 2.48 bits per heavy atom. The fourth-order valence-electron chi connectivity index (χ4n) is 1.99. The van der Waals surface area contributed by atoms with Crippen LogP contribution in [0.15, 0.2) is 45.5 Å². The van der Waals surface area contributed by atoms with Crippen LogP contribution in [0.3, 0.4) is 0 Å². The van der Waals surface area contributed by atoms with E-state index in [1.807, 2.05) is 0 Å². The molecule has 0 saturated carbocycles. The fraction of sp³-hybridized carbons (Fsp3) is 0.176. The minimum Gasteiger partial charge on any atom is -0.450 e. The van der Waals surface area contributed by atoms with Crippen molar-refractivity contribution in [3.8, 4) is 0 Å². The second kappa shape index (κ2) is 8.57. The number of benzene rings is 1. The Balaban J connectivity index is 1.99. The van der Waals surface area contributed by atoms with E-state index in [-0.39, 0.29) is 13.1 Å². The van der Waals surface area contributed by atoms with Gasteiger partial charge in [-0.3, -0.25) is 9.59 Å². The molecular weight excluding hydrogens is 398 g/mol. The molecule has 0 fully saturated rings. The number of para-hydroxylation sites is 1. The molecule has 2 amide bonds. The lowest BCUT2D eigenvalue weighted by atomic mass is 10.3. The molecule has 5 nitrogen and oxygen atoms in total. The molecule has 8 heteroatoms. The molecule has 132 valence electrons. The van der Waals surface area contributed by atoms with E-state index in [0.29, 0.717) is 10.4 Å². The maximum Gasteiger partial charge on any atom is 0.247 e. The lowest BCUT2D eigenvalue weighted by Gasteiger charge is -2.18. The van der Waals surface area contributed by atoms with Crippen molar-refractivity contribution in [2.45, 2.75) is 6.92 Å². The van der Waals surface area contributed by atoms with Crippen LogP contribution in [0.2, 0.25) is 0 Å². The molecule has 1 N–H and O–H groups in total. The van der Waals surface area contributed by atoms with E-state index >= 15 is 0 Å². The van der Waals surface area contributed by atoms with Gasteiger partial charge in [0.25, 0.3) is 0 Å². The molecule has 0 aliphatic carbocycles. The summed E-state index contributed by atoms with van der Waals surface area (Å²) >= 11 is 3.15. The lowest BCUT2D eigenvalue weighted by molar-refractivity contribution is -0.130. The van der Waals surface area contributed by atoms with Gasteiger partial charge in [0.15, 0.2) is 4.67 Å². The maximum atomic E-state index is 13.5. The Morgan fingerprint density at radius 1 is 1.24 bits per heavy atom. The first-order valence-electron chi connectivity index (χ1n) is 7.37. The van der Waals surface area contributed by atoms with Crippen LogP contribution in [0, 0.1) is 11.6 Å². The van der Waals surface area contributed by atoms with Gasteiger partial charge in [0.1, 0.15) is 29.6 Å². The van der Waals surface area contributed by atoms with Crippen LogP contribution in [0.5, 0.6) is 0 Å². The van der Waals surface area contributed by atoms with E-state index in [1.165, 1.54) is 23.1 Å². The van der Waals surface area contributed by atoms with Crippen LogP contribution in [0.1, 0.15) is 12.7 Å². The summed E-state index contributed by atoms with van der Waals surface area (Å²) in [6, 6.07) is 6.60. The van der Waals surface area contributed by atoms with Crippen LogP contribution in [-0.2, 0) is 9.59 Å². The molecule has 25 heavy (non-hydrogen) atoms. The topological polar surface area (TPSA) is 62.6 Å². The van der Waals surface area contributed by atoms with Crippen molar-refractivity contribution in [3.05, 3.63) is 58.5 Å². The zero-order valence-electron chi connectivity index (χ0n) is 13.3. The van der Waals surface area contributed by atoms with Crippen molar-refractivity contribution in [3.63, 3.8) is 0 Å². The largest absolute Gasteiger partial charge is 0.450 e. The molecule has 0 aliphatic rings. The number of amides is 2. The highest BCUT2D eigenvalue weighted by Crippen LogP contribution is 2.18. The van der Waals surface area contributed by atoms with Crippen LogP contribution in [0.4, 0.5) is 14.5 Å². The Hall–Kier alpha value is -2.48. The predicted molar refractivity (Wildman–Crippen MR) is 92.7 cm³/mol. The third kappa shape index (κ3) is 5.25. The van der Waals surface area contributed by atoms with E-state index in [1.54, 1.807) is 19.1 Å². The van der Waals surface area contributed by atoms with Crippen LogP contribution >= 0.6 is 15.9 Å². The van der Waals surface area contributed by atoms with Crippen LogP contribution in [0.25, 0.3) is 6.08 Å². The Kier molecular flexibility index (Phi) is 6.46. The molecule has 0 atom stereocenters. The summed E-state index contributed by atoms with van der Waals surface area (Å²) in [5, 5.41) is 2.14. The minimum atomic E-state index is -0.883. The first kappa shape index (κ1) is 18.9. The number of nitrogens with zero attached hydrogens (tertiary/aromatic N) is 1. The van der Waals surface area contributed by atoms with Crippen LogP contribution in [-0.4, -0.2) is 29.8 Å². The molecule has 2 aromatic rings. The number of halogens is 3. The number of rotatable bonds is 6. The van der Waals surface area contributed by atoms with Gasteiger partial charge in [-0.1, -0.05) is 6.07 Å². The van der Waals surface area contributed by atoms with E-state index in [9.17, 15) is 18.4 Å². The average Bonchev–Trinajstić information content (AvgIpc) is 2.99. The zero-order valence-corrected chi connectivity index (χ0v) is 14.8. The minimum absolute atomic E-state index is 0.248. The molecule has 1 aromatic heterocycles. The van der Waals surface area contributed by atoms with E-state index in [4.69, 9.17) is 4.42 Å². The monoisotopic (exact) mass is 412 g/mol. The van der Waals surface area contributed by atoms with Gasteiger partial charge in [-0.2, -0.15) is 0 Å². The predicted octanol–water partition coefficient (Wildman–Crippen LogP) is 3.82. The van der Waals surface area contributed by atoms with E-state index in [0.717, 1.165) is 12.1 Å². The van der Waals surface area contributed by atoms with E-state index < -0.39 is 29.1 Å². The molecule has 1 heterocycles. The van der Waals surface area contributed by atoms with Crippen molar-refractivity contribution >= 4 is 39.5 Å². The fourth-order valence-corrected chi connectivity index (χ4v) is 2.31. The third-order valence-corrected chi connectivity index (χ3v) is 3.67. The first-order valence-corrected chi connectivity index (χ1v) is 8.16. The van der Waals surface area contributed by atoms with Crippen molar-refractivity contribution in [2.75, 3.05) is 18.4 Å². The molecule has 2 rings (SSSR count). The number of nitrogens with one attached hydrogen (secondary N) is 1.